The molecule has 3 rings (SSSR count). The van der Waals surface area contributed by atoms with Crippen LogP contribution in [0.2, 0.25) is 5.15 Å². The zero-order valence-electron chi connectivity index (χ0n) is 15.1. The van der Waals surface area contributed by atoms with Gasteiger partial charge in [-0.05, 0) is 23.8 Å². The van der Waals surface area contributed by atoms with Crippen molar-refractivity contribution in [3.8, 4) is 5.75 Å². The number of rotatable bonds is 7. The highest BCUT2D eigenvalue weighted by molar-refractivity contribution is 7.79. The summed E-state index contributed by atoms with van der Waals surface area (Å²) in [5.41, 5.74) is 2.11. The first-order valence-electron chi connectivity index (χ1n) is 8.62. The van der Waals surface area contributed by atoms with E-state index in [4.69, 9.17) is 20.9 Å². The Balaban J connectivity index is 1.61. The number of anilines is 2. The molecule has 9 heteroatoms. The number of hydrogen-bond acceptors (Lipinski definition) is 6. The molecule has 0 radical (unpaired) electrons. The fourth-order valence-electron chi connectivity index (χ4n) is 2.98. The third kappa shape index (κ3) is 5.80. The van der Waals surface area contributed by atoms with Gasteiger partial charge < -0.3 is 19.5 Å². The van der Waals surface area contributed by atoms with Crippen LogP contribution in [0.5, 0.6) is 5.75 Å². The zero-order chi connectivity index (χ0) is 19.2. The molecular formula is C18H23ClN4O3S. The summed E-state index contributed by atoms with van der Waals surface area (Å²) in [7, 11) is 1.65. The Kier molecular flexibility index (Phi) is 6.89. The van der Waals surface area contributed by atoms with Crippen LogP contribution >= 0.6 is 11.6 Å². The second-order valence-electron chi connectivity index (χ2n) is 6.29. The summed E-state index contributed by atoms with van der Waals surface area (Å²) in [5.74, 6) is 1.73. The average Bonchev–Trinajstić information content (AvgIpc) is 2.66. The number of halogens is 1. The van der Waals surface area contributed by atoms with Gasteiger partial charge >= 0.3 is 0 Å². The molecule has 0 saturated carbocycles. The highest BCUT2D eigenvalue weighted by Gasteiger charge is 2.19. The Morgan fingerprint density at radius 3 is 2.56 bits per heavy atom. The van der Waals surface area contributed by atoms with E-state index in [1.54, 1.807) is 7.11 Å². The quantitative estimate of drug-likeness (QED) is 0.536. The van der Waals surface area contributed by atoms with Crippen molar-refractivity contribution in [3.05, 3.63) is 47.1 Å². The van der Waals surface area contributed by atoms with E-state index in [0.29, 0.717) is 17.5 Å². The van der Waals surface area contributed by atoms with E-state index in [0.717, 1.165) is 43.2 Å². The lowest BCUT2D eigenvalue weighted by Crippen LogP contribution is -2.47. The molecule has 7 nitrogen and oxygen atoms in total. The summed E-state index contributed by atoms with van der Waals surface area (Å²) in [6, 6.07) is 11.7. The summed E-state index contributed by atoms with van der Waals surface area (Å²) in [5, 5.41) is 3.74. The molecule has 2 aromatic rings. The maximum atomic E-state index is 10.9. The Morgan fingerprint density at radius 1 is 1.22 bits per heavy atom. The highest BCUT2D eigenvalue weighted by atomic mass is 35.5. The molecule has 1 fully saturated rings. The molecule has 1 aliphatic heterocycles. The molecule has 1 unspecified atom stereocenters. The number of pyridine rings is 1. The Morgan fingerprint density at radius 2 is 1.93 bits per heavy atom. The number of methoxy groups -OCH3 is 1. The third-order valence-electron chi connectivity index (χ3n) is 4.44. The molecule has 1 aromatic carbocycles. The van der Waals surface area contributed by atoms with Crippen molar-refractivity contribution in [2.75, 3.05) is 49.4 Å². The van der Waals surface area contributed by atoms with Gasteiger partial charge in [0.2, 0.25) is 0 Å². The maximum absolute atomic E-state index is 10.9. The van der Waals surface area contributed by atoms with E-state index in [1.807, 2.05) is 41.3 Å². The Labute approximate surface area is 166 Å². The second-order valence-corrected chi connectivity index (χ2v) is 7.58. The predicted octanol–water partition coefficient (Wildman–Crippen LogP) is 2.66. The number of aromatic nitrogens is 1. The van der Waals surface area contributed by atoms with Crippen molar-refractivity contribution in [3.63, 3.8) is 0 Å². The van der Waals surface area contributed by atoms with Crippen LogP contribution in [0, 0.1) is 0 Å². The smallest absolute Gasteiger partial charge is 0.167 e. The number of nitrogens with one attached hydrogen (secondary N) is 1. The van der Waals surface area contributed by atoms with Crippen LogP contribution in [-0.2, 0) is 17.6 Å². The first-order valence-corrected chi connectivity index (χ1v) is 10.3. The molecule has 146 valence electrons. The van der Waals surface area contributed by atoms with Gasteiger partial charge in [-0.15, -0.1) is 0 Å². The number of nitrogens with zero attached hydrogens (tertiary/aromatic N) is 3. The van der Waals surface area contributed by atoms with Gasteiger partial charge in [-0.1, -0.05) is 23.7 Å². The number of hydrogen-bond donors (Lipinski definition) is 2. The Bertz CT molecular complexity index is 783. The van der Waals surface area contributed by atoms with E-state index in [1.165, 1.54) is 0 Å². The van der Waals surface area contributed by atoms with Crippen LogP contribution in [0.25, 0.3) is 0 Å². The van der Waals surface area contributed by atoms with Crippen LogP contribution in [0.15, 0.2) is 36.4 Å². The van der Waals surface area contributed by atoms with Crippen molar-refractivity contribution in [2.45, 2.75) is 6.54 Å². The van der Waals surface area contributed by atoms with Gasteiger partial charge in [0.15, 0.2) is 11.1 Å². The van der Waals surface area contributed by atoms with Gasteiger partial charge in [0.25, 0.3) is 0 Å². The minimum atomic E-state index is -1.79. The summed E-state index contributed by atoms with van der Waals surface area (Å²) < 4.78 is 25.1. The van der Waals surface area contributed by atoms with Crippen LogP contribution in [-0.4, -0.2) is 57.8 Å². The maximum Gasteiger partial charge on any atom is 0.167 e. The normalized spacial score (nSPS) is 16.2. The molecule has 1 aliphatic rings. The molecule has 2 heterocycles. The molecule has 0 aliphatic carbocycles. The monoisotopic (exact) mass is 410 g/mol. The van der Waals surface area contributed by atoms with Gasteiger partial charge in [-0.2, -0.15) is 0 Å². The molecule has 0 spiro atoms. The summed E-state index contributed by atoms with van der Waals surface area (Å²) >= 11 is 4.42. The van der Waals surface area contributed by atoms with Crippen LogP contribution < -0.4 is 15.0 Å². The van der Waals surface area contributed by atoms with Crippen molar-refractivity contribution in [2.24, 2.45) is 0 Å². The summed E-state index contributed by atoms with van der Waals surface area (Å²) in [4.78, 5) is 8.55. The van der Waals surface area contributed by atoms with Gasteiger partial charge in [0, 0.05) is 44.5 Å². The summed E-state index contributed by atoms with van der Waals surface area (Å²) in [6.07, 6.45) is 0. The van der Waals surface area contributed by atoms with Crippen molar-refractivity contribution < 1.29 is 13.5 Å². The van der Waals surface area contributed by atoms with Gasteiger partial charge in [-0.25, -0.2) is 9.19 Å². The highest BCUT2D eigenvalue weighted by Crippen LogP contribution is 2.24. The zero-order valence-corrected chi connectivity index (χ0v) is 16.7. The van der Waals surface area contributed by atoms with E-state index in [-0.39, 0.29) is 5.88 Å². The number of benzene rings is 1. The van der Waals surface area contributed by atoms with Crippen molar-refractivity contribution in [1.29, 1.82) is 0 Å². The predicted molar refractivity (Wildman–Crippen MR) is 109 cm³/mol. The van der Waals surface area contributed by atoms with Gasteiger partial charge in [0.1, 0.15) is 22.6 Å². The minimum Gasteiger partial charge on any atom is -0.497 e. The Hall–Kier alpha value is -1.87. The van der Waals surface area contributed by atoms with Crippen LogP contribution in [0.4, 0.5) is 11.5 Å². The third-order valence-corrected chi connectivity index (χ3v) is 5.22. The van der Waals surface area contributed by atoms with Crippen LogP contribution in [0.3, 0.4) is 0 Å². The van der Waals surface area contributed by atoms with E-state index in [9.17, 15) is 4.21 Å². The SMILES string of the molecule is COc1ccc(CNc2cc(N3CCN(CS(=O)O)CC3)cc(Cl)n2)cc1. The molecule has 27 heavy (non-hydrogen) atoms. The first-order chi connectivity index (χ1) is 13.0. The lowest BCUT2D eigenvalue weighted by atomic mass is 10.2. The van der Waals surface area contributed by atoms with Gasteiger partial charge in [0.05, 0.1) is 7.11 Å². The molecule has 2 N–H and O–H groups in total. The largest absolute Gasteiger partial charge is 0.497 e. The molecule has 1 saturated heterocycles. The molecule has 1 atom stereocenters. The average molecular weight is 411 g/mol. The number of ether oxygens (including phenoxy) is 1. The number of piperazine rings is 1. The van der Waals surface area contributed by atoms with E-state index < -0.39 is 11.1 Å². The molecule has 0 amide bonds. The fraction of sp³-hybridized carbons (Fsp3) is 0.389. The lowest BCUT2D eigenvalue weighted by molar-refractivity contribution is 0.292. The first kappa shape index (κ1) is 19.9. The molecule has 0 bridgehead atoms. The molecule has 1 aromatic heterocycles. The standard InChI is InChI=1S/C18H23ClN4O3S/c1-26-16-4-2-14(3-5-16)12-20-18-11-15(10-17(19)21-18)23-8-6-22(7-9-23)13-27(24)25/h2-5,10-11H,6-9,12-13H2,1H3,(H,20,21)(H,24,25). The van der Waals surface area contributed by atoms with E-state index in [2.05, 4.69) is 15.2 Å². The van der Waals surface area contributed by atoms with E-state index >= 15 is 0 Å². The van der Waals surface area contributed by atoms with Gasteiger partial charge in [-0.3, -0.25) is 4.90 Å². The fourth-order valence-corrected chi connectivity index (χ4v) is 3.76. The second kappa shape index (κ2) is 9.36. The topological polar surface area (TPSA) is 77.9 Å². The lowest BCUT2D eigenvalue weighted by Gasteiger charge is -2.35. The molecular weight excluding hydrogens is 388 g/mol. The summed E-state index contributed by atoms with van der Waals surface area (Å²) in [6.45, 7) is 3.65. The van der Waals surface area contributed by atoms with Crippen molar-refractivity contribution in [1.82, 2.24) is 9.88 Å². The van der Waals surface area contributed by atoms with Crippen LogP contribution in [0.1, 0.15) is 5.56 Å². The van der Waals surface area contributed by atoms with Crippen molar-refractivity contribution >= 4 is 34.2 Å². The minimum absolute atomic E-state index is 0.194.